The van der Waals surface area contributed by atoms with E-state index in [0.717, 1.165) is 18.9 Å². The zero-order chi connectivity index (χ0) is 13.2. The normalized spacial score (nSPS) is 26.3. The van der Waals surface area contributed by atoms with E-state index in [-0.39, 0.29) is 0 Å². The summed E-state index contributed by atoms with van der Waals surface area (Å²) in [4.78, 5) is 2.48. The van der Waals surface area contributed by atoms with Crippen molar-refractivity contribution in [1.82, 2.24) is 0 Å². The molecule has 0 spiro atoms. The Kier molecular flexibility index (Phi) is 3.62. The summed E-state index contributed by atoms with van der Waals surface area (Å²) in [5.41, 5.74) is 8.30. The molecule has 104 valence electrons. The van der Waals surface area contributed by atoms with Crippen LogP contribution in [0.25, 0.3) is 0 Å². The van der Waals surface area contributed by atoms with Crippen molar-refractivity contribution in [3.05, 3.63) is 23.8 Å². The zero-order valence-corrected chi connectivity index (χ0v) is 11.5. The SMILES string of the molecule is COc1ccc(CN)c(N2CCOC3CCCC32)c1. The van der Waals surface area contributed by atoms with Crippen molar-refractivity contribution in [1.29, 1.82) is 0 Å². The number of hydrogen-bond acceptors (Lipinski definition) is 4. The highest BCUT2D eigenvalue weighted by Gasteiger charge is 2.36. The standard InChI is InChI=1S/C15H22N2O2/c1-18-12-6-5-11(10-16)14(9-12)17-7-8-19-15-4-2-3-13(15)17/h5-6,9,13,15H,2-4,7-8,10,16H2,1H3. The van der Waals surface area contributed by atoms with Crippen molar-refractivity contribution in [2.75, 3.05) is 25.2 Å². The molecule has 2 N–H and O–H groups in total. The number of methoxy groups -OCH3 is 1. The van der Waals surface area contributed by atoms with E-state index in [2.05, 4.69) is 17.0 Å². The number of morpholine rings is 1. The minimum absolute atomic E-state index is 0.394. The number of rotatable bonds is 3. The highest BCUT2D eigenvalue weighted by molar-refractivity contribution is 5.58. The molecule has 2 atom stereocenters. The van der Waals surface area contributed by atoms with E-state index in [1.807, 2.05) is 6.07 Å². The Bertz CT molecular complexity index is 450. The van der Waals surface area contributed by atoms with Crippen LogP contribution in [0, 0.1) is 0 Å². The van der Waals surface area contributed by atoms with Gasteiger partial charge < -0.3 is 20.1 Å². The van der Waals surface area contributed by atoms with E-state index in [1.165, 1.54) is 30.5 Å². The molecule has 1 aliphatic heterocycles. The third-order valence-corrected chi connectivity index (χ3v) is 4.30. The minimum atomic E-state index is 0.394. The molecule has 1 aromatic rings. The summed E-state index contributed by atoms with van der Waals surface area (Å²) >= 11 is 0. The van der Waals surface area contributed by atoms with Gasteiger partial charge in [0.2, 0.25) is 0 Å². The Balaban J connectivity index is 1.95. The summed E-state index contributed by atoms with van der Waals surface area (Å²) in [6.45, 7) is 2.32. The Morgan fingerprint density at radius 3 is 3.11 bits per heavy atom. The topological polar surface area (TPSA) is 47.7 Å². The van der Waals surface area contributed by atoms with Gasteiger partial charge in [-0.25, -0.2) is 0 Å². The van der Waals surface area contributed by atoms with Crippen LogP contribution in [0.1, 0.15) is 24.8 Å². The molecule has 1 aliphatic carbocycles. The number of fused-ring (bicyclic) bond motifs is 1. The molecule has 0 aromatic heterocycles. The Hall–Kier alpha value is -1.26. The van der Waals surface area contributed by atoms with Crippen LogP contribution >= 0.6 is 0 Å². The van der Waals surface area contributed by atoms with Gasteiger partial charge in [-0.1, -0.05) is 6.07 Å². The van der Waals surface area contributed by atoms with Crippen LogP contribution in [0.4, 0.5) is 5.69 Å². The lowest BCUT2D eigenvalue weighted by Gasteiger charge is -2.40. The number of ether oxygens (including phenoxy) is 2. The van der Waals surface area contributed by atoms with E-state index >= 15 is 0 Å². The molecule has 19 heavy (non-hydrogen) atoms. The maximum absolute atomic E-state index is 5.89. The zero-order valence-electron chi connectivity index (χ0n) is 11.5. The predicted octanol–water partition coefficient (Wildman–Crippen LogP) is 1.91. The van der Waals surface area contributed by atoms with Crippen LogP contribution in [0.15, 0.2) is 18.2 Å². The summed E-state index contributed by atoms with van der Waals surface area (Å²) < 4.78 is 11.2. The van der Waals surface area contributed by atoms with Crippen molar-refractivity contribution < 1.29 is 9.47 Å². The van der Waals surface area contributed by atoms with Crippen LogP contribution in [-0.4, -0.2) is 32.4 Å². The molecule has 1 saturated carbocycles. The lowest BCUT2D eigenvalue weighted by atomic mass is 10.1. The van der Waals surface area contributed by atoms with E-state index in [9.17, 15) is 0 Å². The van der Waals surface area contributed by atoms with Crippen molar-refractivity contribution in [2.24, 2.45) is 5.73 Å². The van der Waals surface area contributed by atoms with Crippen LogP contribution in [0.2, 0.25) is 0 Å². The van der Waals surface area contributed by atoms with Gasteiger partial charge in [0.25, 0.3) is 0 Å². The first-order valence-electron chi connectivity index (χ1n) is 7.08. The molecule has 3 rings (SSSR count). The lowest BCUT2D eigenvalue weighted by Crippen LogP contribution is -2.49. The Labute approximate surface area is 114 Å². The molecule has 0 amide bonds. The van der Waals surface area contributed by atoms with Gasteiger partial charge in [-0.05, 0) is 30.9 Å². The van der Waals surface area contributed by atoms with E-state index in [4.69, 9.17) is 15.2 Å². The fourth-order valence-electron chi connectivity index (χ4n) is 3.34. The van der Waals surface area contributed by atoms with E-state index in [1.54, 1.807) is 7.11 Å². The first-order chi connectivity index (χ1) is 9.33. The largest absolute Gasteiger partial charge is 0.497 e. The number of hydrogen-bond donors (Lipinski definition) is 1. The van der Waals surface area contributed by atoms with Crippen LogP contribution < -0.4 is 15.4 Å². The molecular weight excluding hydrogens is 240 g/mol. The number of anilines is 1. The quantitative estimate of drug-likeness (QED) is 0.904. The van der Waals surface area contributed by atoms with Gasteiger partial charge in [-0.3, -0.25) is 0 Å². The average molecular weight is 262 g/mol. The first kappa shape index (κ1) is 12.8. The van der Waals surface area contributed by atoms with Gasteiger partial charge in [0.1, 0.15) is 5.75 Å². The third kappa shape index (κ3) is 2.30. The molecule has 0 radical (unpaired) electrons. The summed E-state index contributed by atoms with van der Waals surface area (Å²) in [6, 6.07) is 6.68. The van der Waals surface area contributed by atoms with Gasteiger partial charge in [0.05, 0.1) is 25.9 Å². The van der Waals surface area contributed by atoms with Gasteiger partial charge in [-0.15, -0.1) is 0 Å². The average Bonchev–Trinajstić information content (AvgIpc) is 2.94. The smallest absolute Gasteiger partial charge is 0.120 e. The van der Waals surface area contributed by atoms with Gasteiger partial charge in [0.15, 0.2) is 0 Å². The summed E-state index contributed by atoms with van der Waals surface area (Å²) in [5.74, 6) is 0.897. The van der Waals surface area contributed by atoms with Crippen molar-refractivity contribution >= 4 is 5.69 Å². The Morgan fingerprint density at radius 2 is 2.32 bits per heavy atom. The highest BCUT2D eigenvalue weighted by atomic mass is 16.5. The van der Waals surface area contributed by atoms with Crippen molar-refractivity contribution in [3.63, 3.8) is 0 Å². The molecular formula is C15H22N2O2. The maximum Gasteiger partial charge on any atom is 0.120 e. The third-order valence-electron chi connectivity index (χ3n) is 4.30. The van der Waals surface area contributed by atoms with E-state index < -0.39 is 0 Å². The summed E-state index contributed by atoms with van der Waals surface area (Å²) in [6.07, 6.45) is 4.05. The van der Waals surface area contributed by atoms with Crippen LogP contribution in [0.5, 0.6) is 5.75 Å². The van der Waals surface area contributed by atoms with E-state index in [0.29, 0.717) is 18.7 Å². The van der Waals surface area contributed by atoms with Crippen molar-refractivity contribution in [3.8, 4) is 5.75 Å². The molecule has 4 heteroatoms. The molecule has 4 nitrogen and oxygen atoms in total. The molecule has 2 fully saturated rings. The van der Waals surface area contributed by atoms with Gasteiger partial charge in [0, 0.05) is 24.8 Å². The number of nitrogens with zero attached hydrogens (tertiary/aromatic N) is 1. The number of nitrogens with two attached hydrogens (primary N) is 1. The van der Waals surface area contributed by atoms with Gasteiger partial charge >= 0.3 is 0 Å². The predicted molar refractivity (Wildman–Crippen MR) is 75.6 cm³/mol. The summed E-state index contributed by atoms with van der Waals surface area (Å²) in [5, 5.41) is 0. The molecule has 1 saturated heterocycles. The molecule has 0 bridgehead atoms. The molecule has 1 heterocycles. The van der Waals surface area contributed by atoms with Crippen LogP contribution in [-0.2, 0) is 11.3 Å². The van der Waals surface area contributed by atoms with Crippen LogP contribution in [0.3, 0.4) is 0 Å². The number of benzene rings is 1. The monoisotopic (exact) mass is 262 g/mol. The first-order valence-corrected chi connectivity index (χ1v) is 7.08. The lowest BCUT2D eigenvalue weighted by molar-refractivity contribution is 0.0255. The molecule has 2 aliphatic rings. The van der Waals surface area contributed by atoms with Gasteiger partial charge in [-0.2, -0.15) is 0 Å². The van der Waals surface area contributed by atoms with Crippen molar-refractivity contribution in [2.45, 2.75) is 38.0 Å². The fraction of sp³-hybridized carbons (Fsp3) is 0.600. The second-order valence-corrected chi connectivity index (χ2v) is 5.30. The fourth-order valence-corrected chi connectivity index (χ4v) is 3.34. The minimum Gasteiger partial charge on any atom is -0.497 e. The highest BCUT2D eigenvalue weighted by Crippen LogP contribution is 2.36. The maximum atomic E-state index is 5.89. The second kappa shape index (κ2) is 5.39. The molecule has 1 aromatic carbocycles. The molecule has 2 unspecified atom stereocenters. The second-order valence-electron chi connectivity index (χ2n) is 5.30. The Morgan fingerprint density at radius 1 is 1.42 bits per heavy atom. The summed E-state index contributed by atoms with van der Waals surface area (Å²) in [7, 11) is 1.71.